The van der Waals surface area contributed by atoms with E-state index >= 15 is 0 Å². The zero-order valence-corrected chi connectivity index (χ0v) is 12.5. The van der Waals surface area contributed by atoms with Crippen LogP contribution in [-0.2, 0) is 0 Å². The van der Waals surface area contributed by atoms with Gasteiger partial charge in [0.15, 0.2) is 11.5 Å². The third-order valence-electron chi connectivity index (χ3n) is 4.73. The minimum Gasteiger partial charge on any atom is -0.392 e. The number of anilines is 1. The first-order valence-corrected chi connectivity index (χ1v) is 8.07. The van der Waals surface area contributed by atoms with Crippen LogP contribution in [0.2, 0.25) is 0 Å². The Kier molecular flexibility index (Phi) is 3.09. The van der Waals surface area contributed by atoms with Crippen LogP contribution in [0.25, 0.3) is 11.2 Å². The monoisotopic (exact) mass is 323 g/mol. The van der Waals surface area contributed by atoms with Gasteiger partial charge in [0.2, 0.25) is 0 Å². The fourth-order valence-electron chi connectivity index (χ4n) is 3.55. The molecule has 2 fully saturated rings. The molecule has 3 heterocycles. The Bertz CT molecular complexity index is 725. The van der Waals surface area contributed by atoms with Crippen LogP contribution < -0.4 is 5.73 Å². The number of nitrogens with zero attached hydrogens (tertiary/aromatic N) is 4. The lowest BCUT2D eigenvalue weighted by Gasteiger charge is -2.30. The van der Waals surface area contributed by atoms with Crippen LogP contribution in [0.5, 0.6) is 0 Å². The fourth-order valence-corrected chi connectivity index (χ4v) is 5.37. The van der Waals surface area contributed by atoms with E-state index in [0.717, 1.165) is 6.42 Å². The molecule has 0 bridgehead atoms. The van der Waals surface area contributed by atoms with Crippen molar-refractivity contribution in [1.82, 2.24) is 19.5 Å². The number of nitrogens with two attached hydrogens (primary N) is 1. The van der Waals surface area contributed by atoms with Gasteiger partial charge in [0, 0.05) is 0 Å². The van der Waals surface area contributed by atoms with Gasteiger partial charge < -0.3 is 21.1 Å². The van der Waals surface area contributed by atoms with E-state index < -0.39 is 28.4 Å². The second-order valence-electron chi connectivity index (χ2n) is 5.89. The molecule has 22 heavy (non-hydrogen) atoms. The SMILES string of the molecule is Nc1ncnc2c1ncn2[C@@H]1S[C@]2(CCC[C@@H]2O)[C@@H](O)[C@H]1O. The van der Waals surface area contributed by atoms with Crippen molar-refractivity contribution < 1.29 is 15.3 Å². The summed E-state index contributed by atoms with van der Waals surface area (Å²) in [5, 5.41) is 30.8. The minimum atomic E-state index is -1.01. The van der Waals surface area contributed by atoms with Crippen LogP contribution in [0.15, 0.2) is 12.7 Å². The molecule has 1 spiro atoms. The summed E-state index contributed by atoms with van der Waals surface area (Å²) in [6.45, 7) is 0. The molecular formula is C13H17N5O3S. The highest BCUT2D eigenvalue weighted by Crippen LogP contribution is 2.57. The van der Waals surface area contributed by atoms with Crippen LogP contribution in [0, 0.1) is 0 Å². The second-order valence-corrected chi connectivity index (χ2v) is 7.37. The Morgan fingerprint density at radius 3 is 2.82 bits per heavy atom. The number of aliphatic hydroxyl groups is 3. The molecule has 9 heteroatoms. The van der Waals surface area contributed by atoms with Gasteiger partial charge >= 0.3 is 0 Å². The van der Waals surface area contributed by atoms with Crippen molar-refractivity contribution in [3.63, 3.8) is 0 Å². The van der Waals surface area contributed by atoms with Crippen molar-refractivity contribution in [3.05, 3.63) is 12.7 Å². The molecule has 5 N–H and O–H groups in total. The Morgan fingerprint density at radius 2 is 2.09 bits per heavy atom. The van der Waals surface area contributed by atoms with E-state index in [1.54, 1.807) is 10.9 Å². The number of rotatable bonds is 1. The van der Waals surface area contributed by atoms with E-state index in [-0.39, 0.29) is 5.82 Å². The summed E-state index contributed by atoms with van der Waals surface area (Å²) in [6.07, 6.45) is 2.43. The van der Waals surface area contributed by atoms with Gasteiger partial charge in [0.25, 0.3) is 0 Å². The molecule has 0 radical (unpaired) electrons. The summed E-state index contributed by atoms with van der Waals surface area (Å²) in [5.41, 5.74) is 6.77. The summed E-state index contributed by atoms with van der Waals surface area (Å²) < 4.78 is 0.977. The highest BCUT2D eigenvalue weighted by atomic mass is 32.2. The molecule has 4 rings (SSSR count). The van der Waals surface area contributed by atoms with E-state index in [4.69, 9.17) is 5.73 Å². The van der Waals surface area contributed by atoms with Gasteiger partial charge in [-0.2, -0.15) is 0 Å². The molecule has 0 unspecified atom stereocenters. The maximum Gasteiger partial charge on any atom is 0.166 e. The summed E-state index contributed by atoms with van der Waals surface area (Å²) in [5.74, 6) is 0.275. The smallest absolute Gasteiger partial charge is 0.166 e. The van der Waals surface area contributed by atoms with Crippen LogP contribution in [0.4, 0.5) is 5.82 Å². The number of thioether (sulfide) groups is 1. The quantitative estimate of drug-likeness (QED) is 0.561. The van der Waals surface area contributed by atoms with Gasteiger partial charge in [0.05, 0.1) is 23.3 Å². The molecule has 0 aromatic carbocycles. The van der Waals surface area contributed by atoms with Crippen molar-refractivity contribution >= 4 is 28.7 Å². The zero-order valence-electron chi connectivity index (χ0n) is 11.7. The van der Waals surface area contributed by atoms with Gasteiger partial charge in [-0.25, -0.2) is 15.0 Å². The second kappa shape index (κ2) is 4.79. The molecular weight excluding hydrogens is 306 g/mol. The average Bonchev–Trinajstić information content (AvgIpc) is 3.15. The predicted molar refractivity (Wildman–Crippen MR) is 81.0 cm³/mol. The summed E-state index contributed by atoms with van der Waals surface area (Å²) in [4.78, 5) is 12.3. The predicted octanol–water partition coefficient (Wildman–Crippen LogP) is -0.341. The average molecular weight is 323 g/mol. The molecule has 5 atom stereocenters. The van der Waals surface area contributed by atoms with Crippen molar-refractivity contribution in [3.8, 4) is 0 Å². The van der Waals surface area contributed by atoms with E-state index in [1.807, 2.05) is 0 Å². The minimum absolute atomic E-state index is 0.275. The lowest BCUT2D eigenvalue weighted by atomic mass is 9.94. The summed E-state index contributed by atoms with van der Waals surface area (Å²) in [7, 11) is 0. The normalized spacial score (nSPS) is 38.3. The topological polar surface area (TPSA) is 130 Å². The first kappa shape index (κ1) is 14.2. The van der Waals surface area contributed by atoms with Crippen molar-refractivity contribution in [2.45, 2.75) is 47.7 Å². The Morgan fingerprint density at radius 1 is 1.27 bits per heavy atom. The Hall–Kier alpha value is -1.42. The molecule has 8 nitrogen and oxygen atoms in total. The van der Waals surface area contributed by atoms with Crippen molar-refractivity contribution in [1.29, 1.82) is 0 Å². The van der Waals surface area contributed by atoms with Crippen LogP contribution in [0.1, 0.15) is 24.6 Å². The summed E-state index contributed by atoms with van der Waals surface area (Å²) in [6, 6.07) is 0. The van der Waals surface area contributed by atoms with Gasteiger partial charge in [-0.15, -0.1) is 11.8 Å². The Balaban J connectivity index is 1.78. The third kappa shape index (κ3) is 1.73. The number of imidazole rings is 1. The summed E-state index contributed by atoms with van der Waals surface area (Å²) >= 11 is 1.40. The largest absolute Gasteiger partial charge is 0.392 e. The number of nitrogen functional groups attached to an aromatic ring is 1. The van der Waals surface area contributed by atoms with Crippen LogP contribution in [0.3, 0.4) is 0 Å². The van der Waals surface area contributed by atoms with Gasteiger partial charge in [-0.3, -0.25) is 4.57 Å². The van der Waals surface area contributed by atoms with E-state index in [2.05, 4.69) is 15.0 Å². The molecule has 1 aliphatic heterocycles. The maximum atomic E-state index is 10.5. The molecule has 2 aromatic heterocycles. The third-order valence-corrected chi connectivity index (χ3v) is 6.63. The number of aromatic nitrogens is 4. The standard InChI is InChI=1S/C13H17N5O3S/c14-10-7-11(16-4-15-10)18(5-17-7)12-8(20)9(21)13(22-12)3-1-2-6(13)19/h4-6,8-9,12,19-21H,1-3H2,(H2,14,15,16)/t6-,8+,9-,12+,13-/m0/s1. The van der Waals surface area contributed by atoms with E-state index in [1.165, 1.54) is 18.1 Å². The van der Waals surface area contributed by atoms with Crippen LogP contribution in [-0.4, -0.2) is 57.9 Å². The molecule has 118 valence electrons. The number of hydrogen-bond donors (Lipinski definition) is 4. The molecule has 2 aromatic rings. The highest BCUT2D eigenvalue weighted by Gasteiger charge is 2.59. The maximum absolute atomic E-state index is 10.5. The number of hydrogen-bond acceptors (Lipinski definition) is 8. The van der Waals surface area contributed by atoms with E-state index in [9.17, 15) is 15.3 Å². The first-order chi connectivity index (χ1) is 10.5. The molecule has 1 saturated carbocycles. The van der Waals surface area contributed by atoms with E-state index in [0.29, 0.717) is 24.0 Å². The lowest BCUT2D eigenvalue weighted by molar-refractivity contribution is -0.0251. The van der Waals surface area contributed by atoms with Crippen LogP contribution >= 0.6 is 11.8 Å². The van der Waals surface area contributed by atoms with Crippen molar-refractivity contribution in [2.24, 2.45) is 0 Å². The number of aliphatic hydroxyl groups excluding tert-OH is 3. The Labute approximate surface area is 130 Å². The number of fused-ring (bicyclic) bond motifs is 1. The lowest BCUT2D eigenvalue weighted by Crippen LogP contribution is -2.46. The first-order valence-electron chi connectivity index (χ1n) is 7.19. The van der Waals surface area contributed by atoms with Gasteiger partial charge in [0.1, 0.15) is 23.3 Å². The molecule has 1 aliphatic carbocycles. The van der Waals surface area contributed by atoms with Crippen molar-refractivity contribution in [2.75, 3.05) is 5.73 Å². The molecule has 0 amide bonds. The molecule has 2 aliphatic rings. The highest BCUT2D eigenvalue weighted by molar-refractivity contribution is 8.01. The van der Waals surface area contributed by atoms with Gasteiger partial charge in [-0.1, -0.05) is 0 Å². The fraction of sp³-hybridized carbons (Fsp3) is 0.615. The zero-order chi connectivity index (χ0) is 15.5. The van der Waals surface area contributed by atoms with Gasteiger partial charge in [-0.05, 0) is 19.3 Å². The molecule has 1 saturated heterocycles.